The van der Waals surface area contributed by atoms with Gasteiger partial charge in [0.2, 0.25) is 0 Å². The maximum absolute atomic E-state index is 12.6. The largest absolute Gasteiger partial charge is 0.335 e. The van der Waals surface area contributed by atoms with Crippen LogP contribution < -0.4 is 0 Å². The third-order valence-electron chi connectivity index (χ3n) is 4.18. The van der Waals surface area contributed by atoms with Crippen LogP contribution in [0.5, 0.6) is 0 Å². The molecule has 2 aromatic rings. The van der Waals surface area contributed by atoms with E-state index >= 15 is 0 Å². The van der Waals surface area contributed by atoms with Gasteiger partial charge in [0.25, 0.3) is 5.91 Å². The van der Waals surface area contributed by atoms with Gasteiger partial charge < -0.3 is 9.80 Å². The van der Waals surface area contributed by atoms with E-state index in [-0.39, 0.29) is 5.91 Å². The Kier molecular flexibility index (Phi) is 4.26. The summed E-state index contributed by atoms with van der Waals surface area (Å²) < 4.78 is 1.72. The Bertz CT molecular complexity index is 636. The molecule has 0 N–H and O–H groups in total. The lowest BCUT2D eigenvalue weighted by Gasteiger charge is -2.22. The molecule has 3 heterocycles. The van der Waals surface area contributed by atoms with Gasteiger partial charge in [-0.15, -0.1) is 16.4 Å². The molecule has 0 aromatic carbocycles. The third-order valence-corrected chi connectivity index (χ3v) is 5.04. The minimum Gasteiger partial charge on any atom is -0.335 e. The van der Waals surface area contributed by atoms with Crippen LogP contribution in [0.25, 0.3) is 0 Å². The number of amides is 1. The fourth-order valence-electron chi connectivity index (χ4n) is 2.99. The smallest absolute Gasteiger partial charge is 0.276 e. The van der Waals surface area contributed by atoms with Gasteiger partial charge in [-0.2, -0.15) is 0 Å². The zero-order chi connectivity index (χ0) is 15.7. The summed E-state index contributed by atoms with van der Waals surface area (Å²) >= 11 is 1.68. The van der Waals surface area contributed by atoms with Crippen molar-refractivity contribution < 1.29 is 4.79 Å². The van der Waals surface area contributed by atoms with Crippen LogP contribution in [0.1, 0.15) is 22.3 Å². The Morgan fingerprint density at radius 3 is 2.91 bits per heavy atom. The van der Waals surface area contributed by atoms with E-state index in [0.29, 0.717) is 24.2 Å². The molecular weight excluding hydrogens is 298 g/mol. The Hall–Kier alpha value is -1.73. The fourth-order valence-corrected chi connectivity index (χ4v) is 3.68. The number of aromatic nitrogens is 3. The third kappa shape index (κ3) is 3.05. The van der Waals surface area contributed by atoms with Crippen LogP contribution in [0, 0.1) is 5.92 Å². The molecule has 0 aliphatic carbocycles. The monoisotopic (exact) mass is 319 g/mol. The summed E-state index contributed by atoms with van der Waals surface area (Å²) in [4.78, 5) is 17.8. The predicted molar refractivity (Wildman–Crippen MR) is 86.0 cm³/mol. The first-order valence-electron chi connectivity index (χ1n) is 7.43. The zero-order valence-electron chi connectivity index (χ0n) is 13.1. The van der Waals surface area contributed by atoms with E-state index in [2.05, 4.69) is 42.3 Å². The quantitative estimate of drug-likeness (QED) is 0.855. The van der Waals surface area contributed by atoms with Crippen LogP contribution in [-0.2, 0) is 6.54 Å². The topological polar surface area (TPSA) is 54.3 Å². The number of likely N-dealkylation sites (tertiary alicyclic amines) is 1. The molecule has 118 valence electrons. The van der Waals surface area contributed by atoms with E-state index in [9.17, 15) is 4.79 Å². The van der Waals surface area contributed by atoms with Gasteiger partial charge in [0.15, 0.2) is 5.69 Å². The summed E-state index contributed by atoms with van der Waals surface area (Å²) in [6.07, 6.45) is 1.75. The summed E-state index contributed by atoms with van der Waals surface area (Å²) in [5.74, 6) is 0.453. The number of carbonyl (C=O) groups is 1. The first-order chi connectivity index (χ1) is 10.5. The van der Waals surface area contributed by atoms with Gasteiger partial charge in [-0.1, -0.05) is 18.2 Å². The maximum atomic E-state index is 12.6. The van der Waals surface area contributed by atoms with Crippen molar-refractivity contribution in [2.75, 3.05) is 27.2 Å². The molecule has 0 spiro atoms. The summed E-state index contributed by atoms with van der Waals surface area (Å²) in [5, 5.41) is 10.2. The molecule has 0 radical (unpaired) electrons. The van der Waals surface area contributed by atoms with E-state index < -0.39 is 0 Å². The van der Waals surface area contributed by atoms with Crippen LogP contribution in [-0.4, -0.2) is 63.9 Å². The van der Waals surface area contributed by atoms with Crippen molar-refractivity contribution in [3.8, 4) is 0 Å². The van der Waals surface area contributed by atoms with Crippen LogP contribution in [0.3, 0.4) is 0 Å². The van der Waals surface area contributed by atoms with Gasteiger partial charge in [0.1, 0.15) is 0 Å². The van der Waals surface area contributed by atoms with E-state index in [1.165, 1.54) is 4.88 Å². The van der Waals surface area contributed by atoms with E-state index in [1.807, 2.05) is 16.3 Å². The number of hydrogen-bond acceptors (Lipinski definition) is 5. The lowest BCUT2D eigenvalue weighted by atomic mass is 10.1. The Morgan fingerprint density at radius 1 is 1.45 bits per heavy atom. The van der Waals surface area contributed by atoms with Crippen molar-refractivity contribution in [1.29, 1.82) is 0 Å². The van der Waals surface area contributed by atoms with Crippen LogP contribution in [0.4, 0.5) is 0 Å². The van der Waals surface area contributed by atoms with Crippen molar-refractivity contribution in [3.63, 3.8) is 0 Å². The van der Waals surface area contributed by atoms with Gasteiger partial charge in [-0.3, -0.25) is 4.79 Å². The number of rotatable bonds is 4. The van der Waals surface area contributed by atoms with Gasteiger partial charge in [0, 0.05) is 24.0 Å². The van der Waals surface area contributed by atoms with E-state index in [1.54, 1.807) is 22.2 Å². The van der Waals surface area contributed by atoms with Crippen LogP contribution in [0.2, 0.25) is 0 Å². The Morgan fingerprint density at radius 2 is 2.27 bits per heavy atom. The predicted octanol–water partition coefficient (Wildman–Crippen LogP) is 1.41. The first kappa shape index (κ1) is 15.2. The number of nitrogens with zero attached hydrogens (tertiary/aromatic N) is 5. The highest BCUT2D eigenvalue weighted by atomic mass is 32.1. The van der Waals surface area contributed by atoms with Crippen molar-refractivity contribution in [2.45, 2.75) is 19.5 Å². The molecule has 0 saturated carbocycles. The van der Waals surface area contributed by atoms with Crippen LogP contribution in [0.15, 0.2) is 23.7 Å². The molecule has 1 saturated heterocycles. The summed E-state index contributed by atoms with van der Waals surface area (Å²) in [7, 11) is 4.12. The van der Waals surface area contributed by atoms with Gasteiger partial charge >= 0.3 is 0 Å². The van der Waals surface area contributed by atoms with Crippen molar-refractivity contribution in [1.82, 2.24) is 24.8 Å². The van der Waals surface area contributed by atoms with Crippen molar-refractivity contribution >= 4 is 17.2 Å². The maximum Gasteiger partial charge on any atom is 0.276 e. The molecule has 22 heavy (non-hydrogen) atoms. The molecule has 2 aromatic heterocycles. The highest BCUT2D eigenvalue weighted by Crippen LogP contribution is 2.21. The van der Waals surface area contributed by atoms with E-state index in [4.69, 9.17) is 0 Å². The molecule has 6 nitrogen and oxygen atoms in total. The van der Waals surface area contributed by atoms with Gasteiger partial charge in [0.05, 0.1) is 12.7 Å². The lowest BCUT2D eigenvalue weighted by molar-refractivity contribution is 0.0775. The standard InChI is InChI=1S/C15H21N5OS/c1-11-7-19(10-14(11)18(2)3)15(21)13-9-20(17-16-13)8-12-5-4-6-22-12/h4-6,9,11,14H,7-8,10H2,1-3H3/t11-,14+/m1/s1. The average molecular weight is 319 g/mol. The van der Waals surface area contributed by atoms with Crippen LogP contribution >= 0.6 is 11.3 Å². The minimum atomic E-state index is -0.0198. The highest BCUT2D eigenvalue weighted by molar-refractivity contribution is 7.09. The number of carbonyl (C=O) groups excluding carboxylic acids is 1. The molecule has 3 rings (SSSR count). The molecule has 2 atom stereocenters. The first-order valence-corrected chi connectivity index (χ1v) is 8.31. The number of hydrogen-bond donors (Lipinski definition) is 0. The highest BCUT2D eigenvalue weighted by Gasteiger charge is 2.34. The second-order valence-electron chi connectivity index (χ2n) is 6.10. The fraction of sp³-hybridized carbons (Fsp3) is 0.533. The van der Waals surface area contributed by atoms with Gasteiger partial charge in [-0.25, -0.2) is 4.68 Å². The molecule has 1 aliphatic rings. The lowest BCUT2D eigenvalue weighted by Crippen LogP contribution is -2.35. The molecule has 1 fully saturated rings. The summed E-state index contributed by atoms with van der Waals surface area (Å²) in [6, 6.07) is 4.47. The molecule has 1 amide bonds. The molecular formula is C15H21N5OS. The van der Waals surface area contributed by atoms with Gasteiger partial charge in [-0.05, 0) is 31.5 Å². The Balaban J connectivity index is 1.67. The Labute approximate surface area is 134 Å². The normalized spacial score (nSPS) is 21.7. The average Bonchev–Trinajstić information content (AvgIpc) is 3.19. The second-order valence-corrected chi connectivity index (χ2v) is 7.13. The number of thiophene rings is 1. The summed E-state index contributed by atoms with van der Waals surface area (Å²) in [6.45, 7) is 4.38. The van der Waals surface area contributed by atoms with E-state index in [0.717, 1.165) is 13.1 Å². The second kappa shape index (κ2) is 6.18. The zero-order valence-corrected chi connectivity index (χ0v) is 14.0. The molecule has 0 unspecified atom stereocenters. The molecule has 7 heteroatoms. The van der Waals surface area contributed by atoms with Crippen molar-refractivity contribution in [2.24, 2.45) is 5.92 Å². The minimum absolute atomic E-state index is 0.0198. The molecule has 1 aliphatic heterocycles. The SMILES string of the molecule is C[C@@H]1CN(C(=O)c2cn(Cc3cccs3)nn2)C[C@@H]1N(C)C. The number of likely N-dealkylation sites (N-methyl/N-ethyl adjacent to an activating group) is 1. The van der Waals surface area contributed by atoms with Crippen molar-refractivity contribution in [3.05, 3.63) is 34.3 Å². The molecule has 0 bridgehead atoms. The summed E-state index contributed by atoms with van der Waals surface area (Å²) in [5.41, 5.74) is 0.433.